The Morgan fingerprint density at radius 2 is 2.03 bits per heavy atom. The second kappa shape index (κ2) is 9.12. The number of nitrogens with one attached hydrogen (secondary N) is 1. The zero-order chi connectivity index (χ0) is 21.1. The summed E-state index contributed by atoms with van der Waals surface area (Å²) in [6.45, 7) is 11.6. The SMILES string of the molecule is CCN1CCN([C@H](c2cccnc2)c2c(NC(=O)c3ccco3)sc(C)c2C)CC1. The van der Waals surface area contributed by atoms with Crippen LogP contribution in [0.2, 0.25) is 0 Å². The van der Waals surface area contributed by atoms with E-state index in [4.69, 9.17) is 4.42 Å². The Labute approximate surface area is 181 Å². The van der Waals surface area contributed by atoms with Crippen molar-refractivity contribution in [1.29, 1.82) is 0 Å². The number of hydrogen-bond acceptors (Lipinski definition) is 6. The number of pyridine rings is 1. The molecule has 0 spiro atoms. The number of thiophene rings is 1. The Bertz CT molecular complexity index is 976. The van der Waals surface area contributed by atoms with Crippen LogP contribution in [0.5, 0.6) is 0 Å². The molecule has 3 aromatic rings. The molecule has 4 rings (SSSR count). The Kier molecular flexibility index (Phi) is 6.32. The monoisotopic (exact) mass is 424 g/mol. The number of carbonyl (C=O) groups excluding carboxylic acids is 1. The molecular formula is C23H28N4O2S. The molecule has 1 aliphatic rings. The van der Waals surface area contributed by atoms with Crippen LogP contribution in [0.4, 0.5) is 5.00 Å². The lowest BCUT2D eigenvalue weighted by molar-refractivity contribution is 0.0995. The number of aryl methyl sites for hydroxylation is 1. The molecule has 3 aromatic heterocycles. The molecule has 0 saturated carbocycles. The molecule has 0 bridgehead atoms. The van der Waals surface area contributed by atoms with E-state index < -0.39 is 0 Å². The summed E-state index contributed by atoms with van der Waals surface area (Å²) in [6.07, 6.45) is 5.27. The van der Waals surface area contributed by atoms with Gasteiger partial charge in [0.15, 0.2) is 5.76 Å². The first kappa shape index (κ1) is 20.8. The average molecular weight is 425 g/mol. The zero-order valence-corrected chi connectivity index (χ0v) is 18.5. The second-order valence-corrected chi connectivity index (χ2v) is 8.84. The van der Waals surface area contributed by atoms with Gasteiger partial charge in [0.25, 0.3) is 5.91 Å². The van der Waals surface area contributed by atoms with E-state index in [1.165, 1.54) is 16.7 Å². The molecule has 1 saturated heterocycles. The third-order valence-corrected chi connectivity index (χ3v) is 7.04. The zero-order valence-electron chi connectivity index (χ0n) is 17.7. The van der Waals surface area contributed by atoms with E-state index >= 15 is 0 Å². The van der Waals surface area contributed by atoms with Crippen molar-refractivity contribution in [3.63, 3.8) is 0 Å². The minimum absolute atomic E-state index is 0.0505. The number of likely N-dealkylation sites (N-methyl/N-ethyl adjacent to an activating group) is 1. The highest BCUT2D eigenvalue weighted by atomic mass is 32.1. The average Bonchev–Trinajstić information content (AvgIpc) is 3.40. The van der Waals surface area contributed by atoms with Crippen LogP contribution in [0.25, 0.3) is 0 Å². The third kappa shape index (κ3) is 4.19. The molecule has 7 heteroatoms. The number of amides is 1. The van der Waals surface area contributed by atoms with E-state index in [1.54, 1.807) is 29.7 Å². The van der Waals surface area contributed by atoms with E-state index in [9.17, 15) is 4.79 Å². The molecule has 30 heavy (non-hydrogen) atoms. The number of anilines is 1. The van der Waals surface area contributed by atoms with Gasteiger partial charge >= 0.3 is 0 Å². The standard InChI is InChI=1S/C23H28N4O2S/c1-4-26-10-12-27(13-11-26)21(18-7-5-9-24-15-18)20-16(2)17(3)30-23(20)25-22(28)19-8-6-14-29-19/h5-9,14-15,21H,4,10-13H2,1-3H3,(H,25,28)/t21-/m1/s1. The van der Waals surface area contributed by atoms with Crippen LogP contribution >= 0.6 is 11.3 Å². The van der Waals surface area contributed by atoms with Crippen molar-refractivity contribution < 1.29 is 9.21 Å². The van der Waals surface area contributed by atoms with Gasteiger partial charge in [-0.2, -0.15) is 0 Å². The van der Waals surface area contributed by atoms with Crippen LogP contribution in [-0.4, -0.2) is 53.4 Å². The maximum atomic E-state index is 12.7. The van der Waals surface area contributed by atoms with Crippen molar-refractivity contribution in [3.8, 4) is 0 Å². The summed E-state index contributed by atoms with van der Waals surface area (Å²) in [5.74, 6) is 0.0994. The van der Waals surface area contributed by atoms with E-state index in [-0.39, 0.29) is 11.9 Å². The van der Waals surface area contributed by atoms with Crippen LogP contribution in [0.15, 0.2) is 47.3 Å². The van der Waals surface area contributed by atoms with Gasteiger partial charge in [-0.15, -0.1) is 11.3 Å². The normalized spacial score (nSPS) is 16.5. The molecular weight excluding hydrogens is 396 g/mol. The lowest BCUT2D eigenvalue weighted by Gasteiger charge is -2.39. The predicted molar refractivity (Wildman–Crippen MR) is 120 cm³/mol. The van der Waals surface area contributed by atoms with Gasteiger partial charge in [0, 0.05) is 49.0 Å². The summed E-state index contributed by atoms with van der Waals surface area (Å²) in [7, 11) is 0. The number of hydrogen-bond donors (Lipinski definition) is 1. The van der Waals surface area contributed by atoms with Crippen molar-refractivity contribution in [2.75, 3.05) is 38.0 Å². The highest BCUT2D eigenvalue weighted by Crippen LogP contribution is 2.42. The maximum absolute atomic E-state index is 12.7. The van der Waals surface area contributed by atoms with Crippen molar-refractivity contribution in [2.45, 2.75) is 26.8 Å². The molecule has 1 amide bonds. The topological polar surface area (TPSA) is 61.6 Å². The lowest BCUT2D eigenvalue weighted by atomic mass is 9.95. The molecule has 1 N–H and O–H groups in total. The van der Waals surface area contributed by atoms with Crippen molar-refractivity contribution in [2.24, 2.45) is 0 Å². The summed E-state index contributed by atoms with van der Waals surface area (Å²) in [6, 6.07) is 7.58. The summed E-state index contributed by atoms with van der Waals surface area (Å²) in [4.78, 5) is 23.3. The molecule has 0 aromatic carbocycles. The molecule has 158 valence electrons. The Morgan fingerprint density at radius 1 is 1.23 bits per heavy atom. The van der Waals surface area contributed by atoms with Crippen LogP contribution in [0.1, 0.15) is 45.1 Å². The quantitative estimate of drug-likeness (QED) is 0.638. The summed E-state index contributed by atoms with van der Waals surface area (Å²) >= 11 is 1.63. The third-order valence-electron chi connectivity index (χ3n) is 5.90. The van der Waals surface area contributed by atoms with Crippen LogP contribution < -0.4 is 5.32 Å². The first-order valence-corrected chi connectivity index (χ1v) is 11.2. The van der Waals surface area contributed by atoms with E-state index in [1.807, 2.05) is 12.3 Å². The molecule has 0 aliphatic carbocycles. The molecule has 6 nitrogen and oxygen atoms in total. The number of piperazine rings is 1. The Morgan fingerprint density at radius 3 is 2.67 bits per heavy atom. The highest BCUT2D eigenvalue weighted by Gasteiger charge is 2.31. The van der Waals surface area contributed by atoms with Crippen molar-refractivity contribution >= 4 is 22.2 Å². The molecule has 1 aliphatic heterocycles. The summed E-state index contributed by atoms with van der Waals surface area (Å²) in [5.41, 5.74) is 3.54. The van der Waals surface area contributed by atoms with Crippen LogP contribution in [-0.2, 0) is 0 Å². The molecule has 4 heterocycles. The van der Waals surface area contributed by atoms with Crippen molar-refractivity contribution in [1.82, 2.24) is 14.8 Å². The van der Waals surface area contributed by atoms with Gasteiger partial charge in [-0.05, 0) is 49.7 Å². The van der Waals surface area contributed by atoms with Crippen molar-refractivity contribution in [3.05, 3.63) is 70.3 Å². The summed E-state index contributed by atoms with van der Waals surface area (Å²) in [5, 5.41) is 4.00. The lowest BCUT2D eigenvalue weighted by Crippen LogP contribution is -2.47. The second-order valence-electron chi connectivity index (χ2n) is 7.62. The fourth-order valence-corrected chi connectivity index (χ4v) is 5.16. The first-order valence-electron chi connectivity index (χ1n) is 10.4. The fraction of sp³-hybridized carbons (Fsp3) is 0.391. The van der Waals surface area contributed by atoms with Gasteiger partial charge < -0.3 is 14.6 Å². The maximum Gasteiger partial charge on any atom is 0.291 e. The molecule has 0 radical (unpaired) electrons. The van der Waals surface area contributed by atoms with Gasteiger partial charge in [-0.1, -0.05) is 13.0 Å². The minimum Gasteiger partial charge on any atom is -0.459 e. The summed E-state index contributed by atoms with van der Waals surface area (Å²) < 4.78 is 5.30. The first-order chi connectivity index (χ1) is 14.6. The van der Waals surface area contributed by atoms with Crippen LogP contribution in [0.3, 0.4) is 0 Å². The van der Waals surface area contributed by atoms with Gasteiger partial charge in [0.05, 0.1) is 12.3 Å². The highest BCUT2D eigenvalue weighted by molar-refractivity contribution is 7.16. The number of rotatable bonds is 6. The molecule has 1 fully saturated rings. The number of furan rings is 1. The van der Waals surface area contributed by atoms with Gasteiger partial charge in [0.2, 0.25) is 0 Å². The number of aromatic nitrogens is 1. The van der Waals surface area contributed by atoms with E-state index in [2.05, 4.69) is 46.9 Å². The molecule has 1 atom stereocenters. The van der Waals surface area contributed by atoms with E-state index in [0.717, 1.165) is 48.9 Å². The van der Waals surface area contributed by atoms with E-state index in [0.29, 0.717) is 5.76 Å². The largest absolute Gasteiger partial charge is 0.459 e. The van der Waals surface area contributed by atoms with Crippen LogP contribution in [0, 0.1) is 13.8 Å². The Hall–Kier alpha value is -2.48. The van der Waals surface area contributed by atoms with Gasteiger partial charge in [-0.25, -0.2) is 0 Å². The van der Waals surface area contributed by atoms with Gasteiger partial charge in [-0.3, -0.25) is 14.7 Å². The number of nitrogens with zero attached hydrogens (tertiary/aromatic N) is 3. The predicted octanol–water partition coefficient (Wildman–Crippen LogP) is 4.33. The fourth-order valence-electron chi connectivity index (χ4n) is 4.07. The smallest absolute Gasteiger partial charge is 0.291 e. The number of carbonyl (C=O) groups is 1. The minimum atomic E-state index is -0.219. The van der Waals surface area contributed by atoms with Gasteiger partial charge in [0.1, 0.15) is 5.00 Å². The Balaban J connectivity index is 1.72. The molecule has 0 unspecified atom stereocenters.